The zero-order valence-corrected chi connectivity index (χ0v) is 13.6. The molecule has 1 aliphatic carbocycles. The molecule has 0 radical (unpaired) electrons. The molecule has 2 heterocycles. The Bertz CT molecular complexity index is 506. The fourth-order valence-corrected chi connectivity index (χ4v) is 3.58. The molecule has 122 valence electrons. The van der Waals surface area contributed by atoms with E-state index in [1.165, 1.54) is 32.1 Å². The van der Waals surface area contributed by atoms with E-state index in [9.17, 15) is 4.79 Å². The van der Waals surface area contributed by atoms with Gasteiger partial charge in [0.25, 0.3) is 0 Å². The molecule has 1 saturated carbocycles. The smallest absolute Gasteiger partial charge is 0.248 e. The van der Waals surface area contributed by atoms with E-state index in [1.807, 2.05) is 13.8 Å². The van der Waals surface area contributed by atoms with Crippen molar-refractivity contribution in [3.05, 3.63) is 5.82 Å². The average molecular weight is 305 g/mol. The lowest BCUT2D eigenvalue weighted by molar-refractivity contribution is -0.119. The number of rotatable bonds is 4. The number of carbonyl (C=O) groups excluding carboxylic acids is 1. The Morgan fingerprint density at radius 2 is 2.05 bits per heavy atom. The second-order valence-corrected chi connectivity index (χ2v) is 6.96. The summed E-state index contributed by atoms with van der Waals surface area (Å²) < 4.78 is 0. The van der Waals surface area contributed by atoms with Crippen molar-refractivity contribution in [3.63, 3.8) is 0 Å². The van der Waals surface area contributed by atoms with E-state index in [4.69, 9.17) is 0 Å². The summed E-state index contributed by atoms with van der Waals surface area (Å²) in [6, 6.07) is 0.697. The minimum absolute atomic E-state index is 0.0626. The highest BCUT2D eigenvalue weighted by Crippen LogP contribution is 2.28. The molecule has 1 aliphatic heterocycles. The van der Waals surface area contributed by atoms with Crippen molar-refractivity contribution in [2.45, 2.75) is 64.3 Å². The van der Waals surface area contributed by atoms with Gasteiger partial charge in [-0.05, 0) is 25.8 Å². The van der Waals surface area contributed by atoms with Crippen LogP contribution in [0.1, 0.15) is 64.1 Å². The lowest BCUT2D eigenvalue weighted by atomic mass is 9.94. The zero-order valence-electron chi connectivity index (χ0n) is 13.6. The molecule has 1 saturated heterocycles. The van der Waals surface area contributed by atoms with E-state index in [0.29, 0.717) is 12.0 Å². The van der Waals surface area contributed by atoms with E-state index in [-0.39, 0.29) is 17.7 Å². The first-order chi connectivity index (χ1) is 10.6. The first-order valence-corrected chi connectivity index (χ1v) is 8.60. The van der Waals surface area contributed by atoms with Gasteiger partial charge in [0.1, 0.15) is 5.82 Å². The Kier molecular flexibility index (Phi) is 4.76. The minimum atomic E-state index is 0.0626. The largest absolute Gasteiger partial charge is 0.300 e. The molecule has 1 atom stereocenters. The van der Waals surface area contributed by atoms with Gasteiger partial charge >= 0.3 is 0 Å². The van der Waals surface area contributed by atoms with E-state index in [0.717, 1.165) is 25.3 Å². The maximum absolute atomic E-state index is 12.4. The van der Waals surface area contributed by atoms with Crippen molar-refractivity contribution in [1.29, 1.82) is 0 Å². The van der Waals surface area contributed by atoms with Crippen LogP contribution < -0.4 is 5.32 Å². The lowest BCUT2D eigenvalue weighted by Gasteiger charge is -2.30. The summed E-state index contributed by atoms with van der Waals surface area (Å²) in [6.45, 7) is 6.03. The number of likely N-dealkylation sites (tertiary alicyclic amines) is 1. The molecular formula is C16H27N5O. The first kappa shape index (κ1) is 15.5. The molecule has 2 fully saturated rings. The van der Waals surface area contributed by atoms with Gasteiger partial charge in [0.15, 0.2) is 0 Å². The molecule has 22 heavy (non-hydrogen) atoms. The minimum Gasteiger partial charge on any atom is -0.300 e. The van der Waals surface area contributed by atoms with Gasteiger partial charge in [0, 0.05) is 18.5 Å². The van der Waals surface area contributed by atoms with Crippen LogP contribution in [-0.4, -0.2) is 45.1 Å². The fraction of sp³-hybridized carbons (Fsp3) is 0.812. The number of H-pyrrole nitrogens is 1. The number of anilines is 1. The highest BCUT2D eigenvalue weighted by atomic mass is 16.2. The van der Waals surface area contributed by atoms with E-state index < -0.39 is 0 Å². The Morgan fingerprint density at radius 1 is 1.27 bits per heavy atom. The SMILES string of the molecule is CC(C)c1nc(NC(=O)[C@@H]2CCN(C3CCCCC3)C2)n[nH]1. The van der Waals surface area contributed by atoms with Crippen LogP contribution in [0.15, 0.2) is 0 Å². The van der Waals surface area contributed by atoms with Gasteiger partial charge < -0.3 is 0 Å². The monoisotopic (exact) mass is 305 g/mol. The van der Waals surface area contributed by atoms with Crippen molar-refractivity contribution in [1.82, 2.24) is 20.1 Å². The van der Waals surface area contributed by atoms with E-state index in [1.54, 1.807) is 0 Å². The Labute approximate surface area is 132 Å². The van der Waals surface area contributed by atoms with Crippen molar-refractivity contribution in [3.8, 4) is 0 Å². The van der Waals surface area contributed by atoms with Crippen LogP contribution >= 0.6 is 0 Å². The van der Waals surface area contributed by atoms with Gasteiger partial charge in [0.05, 0.1) is 5.92 Å². The first-order valence-electron chi connectivity index (χ1n) is 8.60. The van der Waals surface area contributed by atoms with Crippen molar-refractivity contribution < 1.29 is 4.79 Å². The average Bonchev–Trinajstić information content (AvgIpc) is 3.17. The quantitative estimate of drug-likeness (QED) is 0.896. The number of carbonyl (C=O) groups is 1. The van der Waals surface area contributed by atoms with Gasteiger partial charge in [0.2, 0.25) is 11.9 Å². The zero-order chi connectivity index (χ0) is 15.5. The highest BCUT2D eigenvalue weighted by molar-refractivity contribution is 5.91. The number of nitrogens with one attached hydrogen (secondary N) is 2. The molecule has 0 aromatic carbocycles. The standard InChI is InChI=1S/C16H27N5O/c1-11(2)14-17-16(20-19-14)18-15(22)12-8-9-21(10-12)13-6-4-3-5-7-13/h11-13H,3-10H2,1-2H3,(H2,17,18,19,20,22)/t12-/m1/s1. The Hall–Kier alpha value is -1.43. The summed E-state index contributed by atoms with van der Waals surface area (Å²) in [5, 5.41) is 9.81. The Balaban J connectivity index is 1.52. The van der Waals surface area contributed by atoms with Crippen molar-refractivity contribution >= 4 is 11.9 Å². The molecule has 0 unspecified atom stereocenters. The molecule has 1 aromatic heterocycles. The normalized spacial score (nSPS) is 24.0. The predicted molar refractivity (Wildman–Crippen MR) is 85.7 cm³/mol. The third kappa shape index (κ3) is 3.48. The van der Waals surface area contributed by atoms with Gasteiger partial charge in [-0.2, -0.15) is 4.98 Å². The van der Waals surface area contributed by atoms with Crippen LogP contribution in [-0.2, 0) is 4.79 Å². The number of hydrogen-bond donors (Lipinski definition) is 2. The molecule has 6 heteroatoms. The van der Waals surface area contributed by atoms with E-state index >= 15 is 0 Å². The van der Waals surface area contributed by atoms with Gasteiger partial charge in [-0.15, -0.1) is 5.10 Å². The van der Waals surface area contributed by atoms with E-state index in [2.05, 4.69) is 25.4 Å². The van der Waals surface area contributed by atoms with Crippen LogP contribution in [0, 0.1) is 5.92 Å². The molecule has 2 N–H and O–H groups in total. The molecule has 0 spiro atoms. The fourth-order valence-electron chi connectivity index (χ4n) is 3.58. The summed E-state index contributed by atoms with van der Waals surface area (Å²) in [5.74, 6) is 1.64. The summed E-state index contributed by atoms with van der Waals surface area (Å²) >= 11 is 0. The van der Waals surface area contributed by atoms with Gasteiger partial charge in [-0.25, -0.2) is 0 Å². The van der Waals surface area contributed by atoms with Crippen LogP contribution in [0.2, 0.25) is 0 Å². The summed E-state index contributed by atoms with van der Waals surface area (Å²) in [4.78, 5) is 19.2. The van der Waals surface area contributed by atoms with Crippen LogP contribution in [0.5, 0.6) is 0 Å². The van der Waals surface area contributed by atoms with Crippen LogP contribution in [0.4, 0.5) is 5.95 Å². The summed E-state index contributed by atoms with van der Waals surface area (Å²) in [7, 11) is 0. The van der Waals surface area contributed by atoms with Gasteiger partial charge in [-0.1, -0.05) is 33.1 Å². The van der Waals surface area contributed by atoms with Gasteiger partial charge in [-0.3, -0.25) is 20.1 Å². The predicted octanol–water partition coefficient (Wildman–Crippen LogP) is 2.52. The number of aromatic nitrogens is 3. The molecular weight excluding hydrogens is 278 g/mol. The summed E-state index contributed by atoms with van der Waals surface area (Å²) in [5.41, 5.74) is 0. The summed E-state index contributed by atoms with van der Waals surface area (Å²) in [6.07, 6.45) is 7.60. The molecule has 1 amide bonds. The van der Waals surface area contributed by atoms with Crippen molar-refractivity contribution in [2.24, 2.45) is 5.92 Å². The Morgan fingerprint density at radius 3 is 2.73 bits per heavy atom. The number of hydrogen-bond acceptors (Lipinski definition) is 4. The maximum Gasteiger partial charge on any atom is 0.248 e. The third-order valence-electron chi connectivity index (χ3n) is 4.97. The van der Waals surface area contributed by atoms with Crippen molar-refractivity contribution in [2.75, 3.05) is 18.4 Å². The molecule has 6 nitrogen and oxygen atoms in total. The maximum atomic E-state index is 12.4. The number of amides is 1. The lowest BCUT2D eigenvalue weighted by Crippen LogP contribution is -2.36. The van der Waals surface area contributed by atoms with Crippen LogP contribution in [0.3, 0.4) is 0 Å². The number of nitrogens with zero attached hydrogens (tertiary/aromatic N) is 3. The second kappa shape index (κ2) is 6.77. The topological polar surface area (TPSA) is 73.9 Å². The second-order valence-electron chi connectivity index (χ2n) is 6.96. The third-order valence-corrected chi connectivity index (χ3v) is 4.97. The highest BCUT2D eigenvalue weighted by Gasteiger charge is 2.33. The molecule has 3 rings (SSSR count). The molecule has 2 aliphatic rings. The molecule has 0 bridgehead atoms. The molecule has 1 aromatic rings. The number of aromatic amines is 1. The van der Waals surface area contributed by atoms with Crippen LogP contribution in [0.25, 0.3) is 0 Å².